The quantitative estimate of drug-likeness (QED) is 0.388. The fourth-order valence-corrected chi connectivity index (χ4v) is 2.51. The minimum Gasteiger partial charge on any atom is -0.481 e. The van der Waals surface area contributed by atoms with Crippen molar-refractivity contribution in [1.82, 2.24) is 5.32 Å². The Balaban J connectivity index is 1.66. The van der Waals surface area contributed by atoms with Gasteiger partial charge in [-0.05, 0) is 19.1 Å². The smallest absolute Gasteiger partial charge is 0.269 e. The van der Waals surface area contributed by atoms with Crippen LogP contribution in [0.4, 0.5) is 5.69 Å². The molecule has 1 heterocycles. The second-order valence-electron chi connectivity index (χ2n) is 5.77. The zero-order chi connectivity index (χ0) is 17.4. The molecule has 1 atom stereocenters. The fraction of sp³-hybridized carbons (Fsp3) is 0.562. The molecule has 0 bridgehead atoms. The third-order valence-corrected chi connectivity index (χ3v) is 3.94. The first-order valence-electron chi connectivity index (χ1n) is 8.16. The van der Waals surface area contributed by atoms with Gasteiger partial charge < -0.3 is 19.7 Å². The van der Waals surface area contributed by atoms with E-state index in [4.69, 9.17) is 9.47 Å². The van der Waals surface area contributed by atoms with Gasteiger partial charge in [-0.1, -0.05) is 0 Å². The number of hydrogen-bond acceptors (Lipinski definition) is 5. The minimum atomic E-state index is -0.651. The van der Waals surface area contributed by atoms with Gasteiger partial charge in [0.15, 0.2) is 6.10 Å². The van der Waals surface area contributed by atoms with Gasteiger partial charge in [-0.25, -0.2) is 0 Å². The molecule has 1 aromatic carbocycles. The Morgan fingerprint density at radius 1 is 1.38 bits per heavy atom. The number of morpholine rings is 1. The molecule has 2 rings (SSSR count). The predicted octanol–water partition coefficient (Wildman–Crippen LogP) is -0.216. The van der Waals surface area contributed by atoms with E-state index in [0.717, 1.165) is 39.3 Å². The SMILES string of the molecule is C[C@H](Oc1ccc([N+](=O)[O-])cc1)C(=O)NCCC[NH+]1CCOCC1. The minimum absolute atomic E-state index is 0.00920. The highest BCUT2D eigenvalue weighted by Gasteiger charge is 2.16. The molecule has 132 valence electrons. The van der Waals surface area contributed by atoms with Crippen LogP contribution in [0.15, 0.2) is 24.3 Å². The van der Waals surface area contributed by atoms with Crippen molar-refractivity contribution in [2.45, 2.75) is 19.4 Å². The van der Waals surface area contributed by atoms with E-state index in [9.17, 15) is 14.9 Å². The van der Waals surface area contributed by atoms with Crippen molar-refractivity contribution in [3.05, 3.63) is 34.4 Å². The van der Waals surface area contributed by atoms with E-state index in [1.807, 2.05) is 0 Å². The van der Waals surface area contributed by atoms with E-state index in [-0.39, 0.29) is 11.6 Å². The topological polar surface area (TPSA) is 95.1 Å². The zero-order valence-electron chi connectivity index (χ0n) is 13.8. The van der Waals surface area contributed by atoms with E-state index >= 15 is 0 Å². The normalized spacial score (nSPS) is 16.4. The van der Waals surface area contributed by atoms with Gasteiger partial charge in [0.25, 0.3) is 11.6 Å². The molecule has 1 aromatic rings. The summed E-state index contributed by atoms with van der Waals surface area (Å²) in [5.74, 6) is 0.242. The number of rotatable bonds is 8. The monoisotopic (exact) mass is 338 g/mol. The molecule has 1 amide bonds. The van der Waals surface area contributed by atoms with Gasteiger partial charge in [0.1, 0.15) is 18.8 Å². The zero-order valence-corrected chi connectivity index (χ0v) is 13.8. The van der Waals surface area contributed by atoms with Crippen LogP contribution in [-0.4, -0.2) is 56.3 Å². The van der Waals surface area contributed by atoms with Crippen LogP contribution in [0.3, 0.4) is 0 Å². The average molecular weight is 338 g/mol. The molecule has 0 radical (unpaired) electrons. The van der Waals surface area contributed by atoms with Crippen LogP contribution < -0.4 is 15.0 Å². The van der Waals surface area contributed by atoms with Gasteiger partial charge in [-0.2, -0.15) is 0 Å². The molecule has 8 nitrogen and oxygen atoms in total. The molecule has 0 unspecified atom stereocenters. The summed E-state index contributed by atoms with van der Waals surface area (Å²) < 4.78 is 10.8. The first-order valence-corrected chi connectivity index (χ1v) is 8.16. The second-order valence-corrected chi connectivity index (χ2v) is 5.77. The third-order valence-electron chi connectivity index (χ3n) is 3.94. The summed E-state index contributed by atoms with van der Waals surface area (Å²) in [5, 5.41) is 13.5. The first-order chi connectivity index (χ1) is 11.6. The average Bonchev–Trinajstić information content (AvgIpc) is 2.60. The van der Waals surface area contributed by atoms with Crippen molar-refractivity contribution in [3.8, 4) is 5.75 Å². The van der Waals surface area contributed by atoms with Crippen LogP contribution >= 0.6 is 0 Å². The number of nitrogens with one attached hydrogen (secondary N) is 2. The highest BCUT2D eigenvalue weighted by molar-refractivity contribution is 5.80. The summed E-state index contributed by atoms with van der Waals surface area (Å²) in [4.78, 5) is 23.6. The van der Waals surface area contributed by atoms with E-state index in [1.165, 1.54) is 29.2 Å². The van der Waals surface area contributed by atoms with Crippen molar-refractivity contribution in [2.24, 2.45) is 0 Å². The molecule has 1 saturated heterocycles. The van der Waals surface area contributed by atoms with E-state index in [0.29, 0.717) is 12.3 Å². The largest absolute Gasteiger partial charge is 0.481 e. The number of non-ortho nitro benzene ring substituents is 1. The van der Waals surface area contributed by atoms with Crippen molar-refractivity contribution in [3.63, 3.8) is 0 Å². The molecule has 0 saturated carbocycles. The maximum Gasteiger partial charge on any atom is 0.269 e. The number of nitro benzene ring substituents is 1. The lowest BCUT2D eigenvalue weighted by atomic mass is 10.3. The van der Waals surface area contributed by atoms with Gasteiger partial charge >= 0.3 is 0 Å². The lowest BCUT2D eigenvalue weighted by Gasteiger charge is -2.23. The molecule has 0 aliphatic carbocycles. The molecule has 1 aliphatic rings. The lowest BCUT2D eigenvalue weighted by molar-refractivity contribution is -0.908. The number of quaternary nitrogens is 1. The Morgan fingerprint density at radius 3 is 2.67 bits per heavy atom. The summed E-state index contributed by atoms with van der Waals surface area (Å²) in [6.45, 7) is 6.94. The fourth-order valence-electron chi connectivity index (χ4n) is 2.51. The summed E-state index contributed by atoms with van der Waals surface area (Å²) in [6, 6.07) is 5.68. The van der Waals surface area contributed by atoms with Gasteiger partial charge in [0.05, 0.1) is 24.7 Å². The van der Waals surface area contributed by atoms with E-state index < -0.39 is 11.0 Å². The van der Waals surface area contributed by atoms with Gasteiger partial charge in [-0.15, -0.1) is 0 Å². The first kappa shape index (κ1) is 18.2. The molecular formula is C16H24N3O5+. The van der Waals surface area contributed by atoms with E-state index in [2.05, 4.69) is 5.32 Å². The third kappa shape index (κ3) is 5.78. The molecule has 8 heteroatoms. The standard InChI is InChI=1S/C16H23N3O5/c1-13(24-15-5-3-14(4-6-15)19(21)22)16(20)17-7-2-8-18-9-11-23-12-10-18/h3-6,13H,2,7-12H2,1H3,(H,17,20)/p+1/t13-/m0/s1. The summed E-state index contributed by atoms with van der Waals surface area (Å²) in [6.07, 6.45) is 0.257. The Hall–Kier alpha value is -2.19. The van der Waals surface area contributed by atoms with Gasteiger partial charge in [0.2, 0.25) is 0 Å². The molecule has 0 aromatic heterocycles. The Kier molecular flexibility index (Phi) is 6.95. The number of carbonyl (C=O) groups is 1. The molecule has 1 aliphatic heterocycles. The van der Waals surface area contributed by atoms with Gasteiger partial charge in [-0.3, -0.25) is 14.9 Å². The predicted molar refractivity (Wildman–Crippen MR) is 87.2 cm³/mol. The molecule has 1 fully saturated rings. The molecular weight excluding hydrogens is 314 g/mol. The van der Waals surface area contributed by atoms with Crippen molar-refractivity contribution < 1.29 is 24.1 Å². The second kappa shape index (κ2) is 9.19. The number of carbonyl (C=O) groups excluding carboxylic acids is 1. The Labute approximate surface area is 140 Å². The van der Waals surface area contributed by atoms with Crippen molar-refractivity contribution >= 4 is 11.6 Å². The summed E-state index contributed by atoms with van der Waals surface area (Å²) in [7, 11) is 0. The number of ether oxygens (including phenoxy) is 2. The molecule has 24 heavy (non-hydrogen) atoms. The summed E-state index contributed by atoms with van der Waals surface area (Å²) in [5.41, 5.74) is -0.00920. The lowest BCUT2D eigenvalue weighted by Crippen LogP contribution is -3.14. The molecule has 2 N–H and O–H groups in total. The number of hydrogen-bond donors (Lipinski definition) is 2. The van der Waals surface area contributed by atoms with E-state index in [1.54, 1.807) is 6.92 Å². The van der Waals surface area contributed by atoms with Crippen molar-refractivity contribution in [1.29, 1.82) is 0 Å². The highest BCUT2D eigenvalue weighted by atomic mass is 16.6. The van der Waals surface area contributed by atoms with Crippen LogP contribution in [0, 0.1) is 10.1 Å². The molecule has 0 spiro atoms. The Morgan fingerprint density at radius 2 is 2.04 bits per heavy atom. The van der Waals surface area contributed by atoms with Crippen LogP contribution in [0.2, 0.25) is 0 Å². The number of nitro groups is 1. The number of nitrogens with zero attached hydrogens (tertiary/aromatic N) is 1. The van der Waals surface area contributed by atoms with Crippen LogP contribution in [0.1, 0.15) is 13.3 Å². The maximum absolute atomic E-state index is 12.0. The van der Waals surface area contributed by atoms with Crippen LogP contribution in [-0.2, 0) is 9.53 Å². The van der Waals surface area contributed by atoms with Crippen LogP contribution in [0.25, 0.3) is 0 Å². The maximum atomic E-state index is 12.0. The van der Waals surface area contributed by atoms with Gasteiger partial charge in [0, 0.05) is 25.1 Å². The summed E-state index contributed by atoms with van der Waals surface area (Å²) >= 11 is 0. The van der Waals surface area contributed by atoms with Crippen molar-refractivity contribution in [2.75, 3.05) is 39.4 Å². The number of amides is 1. The Bertz CT molecular complexity index is 543. The highest BCUT2D eigenvalue weighted by Crippen LogP contribution is 2.18. The van der Waals surface area contributed by atoms with Crippen LogP contribution in [0.5, 0.6) is 5.75 Å². The number of benzene rings is 1.